The van der Waals surface area contributed by atoms with Crippen LogP contribution in [0.5, 0.6) is 0 Å². The highest BCUT2D eigenvalue weighted by molar-refractivity contribution is 9.10. The SMILES string of the molecule is CC[C@H](NCC(=O)NCc1ccc(N(C)C)cc1)c1ccc(Br)cc1. The monoisotopic (exact) mass is 403 g/mol. The van der Waals surface area contributed by atoms with Gasteiger partial charge in [-0.2, -0.15) is 0 Å². The van der Waals surface area contributed by atoms with Gasteiger partial charge in [-0.25, -0.2) is 0 Å². The number of nitrogens with one attached hydrogen (secondary N) is 2. The minimum atomic E-state index is 0.00671. The lowest BCUT2D eigenvalue weighted by atomic mass is 10.0. The van der Waals surface area contributed by atoms with E-state index in [1.165, 1.54) is 5.56 Å². The van der Waals surface area contributed by atoms with E-state index in [1.54, 1.807) is 0 Å². The summed E-state index contributed by atoms with van der Waals surface area (Å²) >= 11 is 3.45. The molecule has 0 aromatic heterocycles. The zero-order chi connectivity index (χ0) is 18.2. The van der Waals surface area contributed by atoms with Crippen LogP contribution < -0.4 is 15.5 Å². The minimum absolute atomic E-state index is 0.00671. The van der Waals surface area contributed by atoms with Gasteiger partial charge in [-0.3, -0.25) is 4.79 Å². The van der Waals surface area contributed by atoms with Crippen molar-refractivity contribution >= 4 is 27.5 Å². The number of carbonyl (C=O) groups is 1. The topological polar surface area (TPSA) is 44.4 Å². The number of hydrogen-bond acceptors (Lipinski definition) is 3. The molecule has 0 heterocycles. The van der Waals surface area contributed by atoms with Crippen molar-refractivity contribution in [2.45, 2.75) is 25.9 Å². The van der Waals surface area contributed by atoms with Crippen molar-refractivity contribution in [2.75, 3.05) is 25.5 Å². The maximum absolute atomic E-state index is 12.1. The first-order valence-electron chi connectivity index (χ1n) is 8.51. The first-order chi connectivity index (χ1) is 12.0. The van der Waals surface area contributed by atoms with Crippen LogP contribution in [0.1, 0.15) is 30.5 Å². The van der Waals surface area contributed by atoms with Crippen LogP contribution in [0.25, 0.3) is 0 Å². The van der Waals surface area contributed by atoms with E-state index < -0.39 is 0 Å². The van der Waals surface area contributed by atoms with Crippen LogP contribution in [0.15, 0.2) is 53.0 Å². The number of benzene rings is 2. The van der Waals surface area contributed by atoms with Crippen LogP contribution in [-0.2, 0) is 11.3 Å². The van der Waals surface area contributed by atoms with Crippen LogP contribution in [-0.4, -0.2) is 26.5 Å². The molecule has 0 radical (unpaired) electrons. The van der Waals surface area contributed by atoms with E-state index in [4.69, 9.17) is 0 Å². The average Bonchev–Trinajstić information content (AvgIpc) is 2.62. The molecule has 134 valence electrons. The fourth-order valence-corrected chi connectivity index (χ4v) is 2.85. The Hall–Kier alpha value is -1.85. The van der Waals surface area contributed by atoms with Crippen LogP contribution in [0, 0.1) is 0 Å². The number of hydrogen-bond donors (Lipinski definition) is 2. The number of nitrogens with zero attached hydrogens (tertiary/aromatic N) is 1. The van der Waals surface area contributed by atoms with E-state index in [1.807, 2.05) is 38.4 Å². The number of carbonyl (C=O) groups excluding carboxylic acids is 1. The molecule has 0 aliphatic rings. The summed E-state index contributed by atoms with van der Waals surface area (Å²) in [4.78, 5) is 14.2. The quantitative estimate of drug-likeness (QED) is 0.702. The van der Waals surface area contributed by atoms with Crippen molar-refractivity contribution in [1.82, 2.24) is 10.6 Å². The lowest BCUT2D eigenvalue weighted by Crippen LogP contribution is -2.35. The normalized spacial score (nSPS) is 11.8. The minimum Gasteiger partial charge on any atom is -0.378 e. The van der Waals surface area contributed by atoms with Crippen molar-refractivity contribution in [2.24, 2.45) is 0 Å². The fraction of sp³-hybridized carbons (Fsp3) is 0.350. The third kappa shape index (κ3) is 6.18. The molecule has 0 spiro atoms. The molecule has 25 heavy (non-hydrogen) atoms. The van der Waals surface area contributed by atoms with Crippen molar-refractivity contribution < 1.29 is 4.79 Å². The van der Waals surface area contributed by atoms with E-state index in [0.29, 0.717) is 13.1 Å². The Labute approximate surface area is 158 Å². The zero-order valence-corrected chi connectivity index (χ0v) is 16.6. The summed E-state index contributed by atoms with van der Waals surface area (Å²) in [5.74, 6) is 0.00671. The summed E-state index contributed by atoms with van der Waals surface area (Å²) in [6.07, 6.45) is 0.931. The highest BCUT2D eigenvalue weighted by Gasteiger charge is 2.10. The molecule has 4 nitrogen and oxygen atoms in total. The Morgan fingerprint density at radius 1 is 1.08 bits per heavy atom. The third-order valence-corrected chi connectivity index (χ3v) is 4.66. The fourth-order valence-electron chi connectivity index (χ4n) is 2.58. The van der Waals surface area contributed by atoms with Crippen molar-refractivity contribution in [3.05, 3.63) is 64.1 Å². The summed E-state index contributed by atoms with van der Waals surface area (Å²) in [6.45, 7) is 2.97. The molecule has 0 bridgehead atoms. The molecule has 0 aliphatic heterocycles. The van der Waals surface area contributed by atoms with Gasteiger partial charge in [0.15, 0.2) is 0 Å². The van der Waals surface area contributed by atoms with E-state index >= 15 is 0 Å². The average molecular weight is 404 g/mol. The first kappa shape index (κ1) is 19.5. The Balaban J connectivity index is 1.80. The van der Waals surface area contributed by atoms with Gasteiger partial charge in [-0.15, -0.1) is 0 Å². The largest absolute Gasteiger partial charge is 0.378 e. The van der Waals surface area contributed by atoms with E-state index in [2.05, 4.69) is 62.7 Å². The summed E-state index contributed by atoms with van der Waals surface area (Å²) < 4.78 is 1.06. The van der Waals surface area contributed by atoms with Gasteiger partial charge >= 0.3 is 0 Å². The molecular weight excluding hydrogens is 378 g/mol. The molecule has 0 fully saturated rings. The third-order valence-electron chi connectivity index (χ3n) is 4.13. The van der Waals surface area contributed by atoms with E-state index in [0.717, 1.165) is 22.1 Å². The molecule has 2 rings (SSSR count). The van der Waals surface area contributed by atoms with Gasteiger partial charge in [0, 0.05) is 36.8 Å². The van der Waals surface area contributed by atoms with Gasteiger partial charge in [0.2, 0.25) is 5.91 Å². The Morgan fingerprint density at radius 2 is 1.72 bits per heavy atom. The molecule has 0 aliphatic carbocycles. The molecule has 2 N–H and O–H groups in total. The lowest BCUT2D eigenvalue weighted by Gasteiger charge is -2.17. The Morgan fingerprint density at radius 3 is 2.28 bits per heavy atom. The van der Waals surface area contributed by atoms with Gasteiger partial charge in [0.05, 0.1) is 6.54 Å². The molecule has 1 amide bonds. The Kier molecular flexibility index (Phi) is 7.47. The molecule has 2 aromatic carbocycles. The number of rotatable bonds is 8. The maximum atomic E-state index is 12.1. The van der Waals surface area contributed by atoms with Gasteiger partial charge in [0.25, 0.3) is 0 Å². The molecule has 0 saturated carbocycles. The van der Waals surface area contributed by atoms with E-state index in [9.17, 15) is 4.79 Å². The summed E-state index contributed by atoms with van der Waals surface area (Å²) in [5.41, 5.74) is 3.44. The van der Waals surface area contributed by atoms with E-state index in [-0.39, 0.29) is 11.9 Å². The zero-order valence-electron chi connectivity index (χ0n) is 15.1. The number of halogens is 1. The Bertz CT molecular complexity index is 668. The maximum Gasteiger partial charge on any atom is 0.234 e. The first-order valence-corrected chi connectivity index (χ1v) is 9.30. The van der Waals surface area contributed by atoms with Gasteiger partial charge in [-0.05, 0) is 41.8 Å². The molecule has 1 atom stereocenters. The predicted octanol–water partition coefficient (Wildman–Crippen LogP) is 3.87. The molecular formula is C20H26BrN3O. The smallest absolute Gasteiger partial charge is 0.234 e. The summed E-state index contributed by atoms with van der Waals surface area (Å²) in [6, 6.07) is 16.6. The summed E-state index contributed by atoms with van der Waals surface area (Å²) in [7, 11) is 4.02. The molecule has 5 heteroatoms. The molecule has 2 aromatic rings. The molecule has 0 unspecified atom stereocenters. The van der Waals surface area contributed by atoms with Crippen LogP contribution >= 0.6 is 15.9 Å². The second kappa shape index (κ2) is 9.59. The highest BCUT2D eigenvalue weighted by Crippen LogP contribution is 2.19. The lowest BCUT2D eigenvalue weighted by molar-refractivity contribution is -0.120. The second-order valence-corrected chi connectivity index (χ2v) is 7.15. The van der Waals surface area contributed by atoms with Crippen molar-refractivity contribution in [3.8, 4) is 0 Å². The predicted molar refractivity (Wildman–Crippen MR) is 108 cm³/mol. The van der Waals surface area contributed by atoms with Gasteiger partial charge in [0.1, 0.15) is 0 Å². The second-order valence-electron chi connectivity index (χ2n) is 6.23. The number of amides is 1. The molecule has 0 saturated heterocycles. The van der Waals surface area contributed by atoms with Crippen LogP contribution in [0.4, 0.5) is 5.69 Å². The van der Waals surface area contributed by atoms with Crippen molar-refractivity contribution in [1.29, 1.82) is 0 Å². The van der Waals surface area contributed by atoms with Crippen LogP contribution in [0.2, 0.25) is 0 Å². The highest BCUT2D eigenvalue weighted by atomic mass is 79.9. The standard InChI is InChI=1S/C20H26BrN3O/c1-4-19(16-7-9-17(21)10-8-16)22-14-20(25)23-13-15-5-11-18(12-6-15)24(2)3/h5-12,19,22H,4,13-14H2,1-3H3,(H,23,25)/t19-/m0/s1. The summed E-state index contributed by atoms with van der Waals surface area (Å²) in [5, 5.41) is 6.30. The van der Waals surface area contributed by atoms with Crippen molar-refractivity contribution in [3.63, 3.8) is 0 Å². The van der Waals surface area contributed by atoms with Crippen LogP contribution in [0.3, 0.4) is 0 Å². The van der Waals surface area contributed by atoms with Gasteiger partial charge in [-0.1, -0.05) is 47.1 Å². The van der Waals surface area contributed by atoms with Gasteiger partial charge < -0.3 is 15.5 Å². The number of anilines is 1.